The van der Waals surface area contributed by atoms with Gasteiger partial charge in [-0.05, 0) is 31.5 Å². The Balaban J connectivity index is 2.59. The van der Waals surface area contributed by atoms with E-state index in [0.29, 0.717) is 6.54 Å². The largest absolute Gasteiger partial charge is 0.320 e. The van der Waals surface area contributed by atoms with Gasteiger partial charge in [-0.25, -0.2) is 0 Å². The van der Waals surface area contributed by atoms with E-state index in [1.54, 1.807) is 13.8 Å². The molecule has 4 N–H and O–H groups in total. The van der Waals surface area contributed by atoms with E-state index in [1.165, 1.54) is 0 Å². The third-order valence-corrected chi connectivity index (χ3v) is 3.45. The number of rotatable bonds is 5. The molecular formula is C13H19N3O2S. The van der Waals surface area contributed by atoms with Crippen molar-refractivity contribution in [3.63, 3.8) is 0 Å². The minimum atomic E-state index is -3.45. The molecule has 0 saturated carbocycles. The predicted molar refractivity (Wildman–Crippen MR) is 76.4 cm³/mol. The Kier molecular flexibility index (Phi) is 5.99. The van der Waals surface area contributed by atoms with E-state index in [2.05, 4.69) is 21.3 Å². The van der Waals surface area contributed by atoms with E-state index in [1.807, 2.05) is 24.3 Å². The van der Waals surface area contributed by atoms with Crippen LogP contribution in [-0.2, 0) is 16.8 Å². The quantitative estimate of drug-likeness (QED) is 0.680. The standard InChI is InChI=1S/C13H19N3O2S/c1-11(2)16-19(17,18)15-10-13-7-5-12(6-8-13)4-3-9-14/h5-8,11,15-16H,9-10,14H2,1-2H3. The second-order valence-corrected chi connectivity index (χ2v) is 5.83. The normalized spacial score (nSPS) is 11.2. The lowest BCUT2D eigenvalue weighted by atomic mass is 10.1. The Morgan fingerprint density at radius 1 is 1.26 bits per heavy atom. The van der Waals surface area contributed by atoms with Gasteiger partial charge >= 0.3 is 0 Å². The Labute approximate surface area is 114 Å². The van der Waals surface area contributed by atoms with Crippen LogP contribution in [0.4, 0.5) is 0 Å². The molecule has 0 fully saturated rings. The smallest absolute Gasteiger partial charge is 0.277 e. The van der Waals surface area contributed by atoms with Crippen molar-refractivity contribution in [2.24, 2.45) is 5.73 Å². The molecule has 6 heteroatoms. The van der Waals surface area contributed by atoms with Crippen molar-refractivity contribution in [2.45, 2.75) is 26.4 Å². The molecule has 104 valence electrons. The summed E-state index contributed by atoms with van der Waals surface area (Å²) in [6.45, 7) is 4.10. The number of nitrogens with one attached hydrogen (secondary N) is 2. The monoisotopic (exact) mass is 281 g/mol. The molecular weight excluding hydrogens is 262 g/mol. The van der Waals surface area contributed by atoms with Crippen LogP contribution >= 0.6 is 0 Å². The second-order valence-electron chi connectivity index (χ2n) is 4.30. The van der Waals surface area contributed by atoms with Crippen LogP contribution < -0.4 is 15.2 Å². The average molecular weight is 281 g/mol. The van der Waals surface area contributed by atoms with Gasteiger partial charge in [-0.2, -0.15) is 17.9 Å². The zero-order valence-electron chi connectivity index (χ0n) is 11.1. The highest BCUT2D eigenvalue weighted by atomic mass is 32.2. The van der Waals surface area contributed by atoms with E-state index in [0.717, 1.165) is 11.1 Å². The molecule has 1 rings (SSSR count). The number of hydrogen-bond donors (Lipinski definition) is 3. The topological polar surface area (TPSA) is 84.2 Å². The zero-order valence-corrected chi connectivity index (χ0v) is 11.9. The van der Waals surface area contributed by atoms with Crippen LogP contribution in [0, 0.1) is 11.8 Å². The van der Waals surface area contributed by atoms with Gasteiger partial charge in [0, 0.05) is 18.2 Å². The number of hydrogen-bond acceptors (Lipinski definition) is 3. The summed E-state index contributed by atoms with van der Waals surface area (Å²) < 4.78 is 28.1. The summed E-state index contributed by atoms with van der Waals surface area (Å²) in [4.78, 5) is 0. The molecule has 19 heavy (non-hydrogen) atoms. The van der Waals surface area contributed by atoms with Crippen molar-refractivity contribution in [1.29, 1.82) is 0 Å². The Hall–Kier alpha value is -1.39. The fourth-order valence-corrected chi connectivity index (χ4v) is 2.45. The summed E-state index contributed by atoms with van der Waals surface area (Å²) in [5.74, 6) is 5.66. The molecule has 0 bridgehead atoms. The second kappa shape index (κ2) is 7.26. The van der Waals surface area contributed by atoms with Crippen molar-refractivity contribution >= 4 is 10.2 Å². The van der Waals surface area contributed by atoms with E-state index >= 15 is 0 Å². The Bertz CT molecular complexity index is 554. The van der Waals surface area contributed by atoms with Crippen LogP contribution in [-0.4, -0.2) is 21.0 Å². The molecule has 0 aliphatic rings. The summed E-state index contributed by atoms with van der Waals surface area (Å²) in [7, 11) is -3.45. The van der Waals surface area contributed by atoms with Gasteiger partial charge in [-0.15, -0.1) is 0 Å². The molecule has 0 amide bonds. The zero-order chi connectivity index (χ0) is 14.3. The Morgan fingerprint density at radius 3 is 2.42 bits per heavy atom. The maximum atomic E-state index is 11.6. The van der Waals surface area contributed by atoms with E-state index < -0.39 is 10.2 Å². The predicted octanol–water partition coefficient (Wildman–Crippen LogP) is 0.329. The first-order chi connectivity index (χ1) is 8.93. The minimum absolute atomic E-state index is 0.133. The molecule has 0 saturated heterocycles. The van der Waals surface area contributed by atoms with Gasteiger partial charge in [0.1, 0.15) is 0 Å². The van der Waals surface area contributed by atoms with Gasteiger partial charge in [0.05, 0.1) is 6.54 Å². The number of nitrogens with two attached hydrogens (primary N) is 1. The van der Waals surface area contributed by atoms with Gasteiger partial charge in [-0.3, -0.25) is 0 Å². The van der Waals surface area contributed by atoms with Gasteiger partial charge < -0.3 is 5.73 Å². The summed E-state index contributed by atoms with van der Waals surface area (Å²) in [6, 6.07) is 7.20. The molecule has 0 aliphatic carbocycles. The summed E-state index contributed by atoms with van der Waals surface area (Å²) in [6.07, 6.45) is 0. The fourth-order valence-electron chi connectivity index (χ4n) is 1.39. The van der Waals surface area contributed by atoms with E-state index in [4.69, 9.17) is 5.73 Å². The molecule has 0 aromatic heterocycles. The number of benzene rings is 1. The van der Waals surface area contributed by atoms with E-state index in [9.17, 15) is 8.42 Å². The molecule has 0 unspecified atom stereocenters. The summed E-state index contributed by atoms with van der Waals surface area (Å²) in [5.41, 5.74) is 7.01. The molecule has 5 nitrogen and oxygen atoms in total. The SMILES string of the molecule is CC(C)NS(=O)(=O)NCc1ccc(C#CCN)cc1. The lowest BCUT2D eigenvalue weighted by molar-refractivity contribution is 0.554. The molecule has 0 radical (unpaired) electrons. The molecule has 0 aliphatic heterocycles. The van der Waals surface area contributed by atoms with Crippen LogP contribution in [0.15, 0.2) is 24.3 Å². The summed E-state index contributed by atoms with van der Waals surface area (Å²) in [5, 5.41) is 0. The fraction of sp³-hybridized carbons (Fsp3) is 0.385. The van der Waals surface area contributed by atoms with Crippen molar-refractivity contribution in [2.75, 3.05) is 6.54 Å². The van der Waals surface area contributed by atoms with Crippen molar-refractivity contribution in [3.05, 3.63) is 35.4 Å². The lowest BCUT2D eigenvalue weighted by Crippen LogP contribution is -2.39. The average Bonchev–Trinajstić information content (AvgIpc) is 2.34. The van der Waals surface area contributed by atoms with Crippen molar-refractivity contribution < 1.29 is 8.42 Å². The van der Waals surface area contributed by atoms with Crippen LogP contribution in [0.2, 0.25) is 0 Å². The van der Waals surface area contributed by atoms with Gasteiger partial charge in [0.15, 0.2) is 0 Å². The highest BCUT2D eigenvalue weighted by molar-refractivity contribution is 7.87. The van der Waals surface area contributed by atoms with Crippen LogP contribution in [0.25, 0.3) is 0 Å². The third kappa shape index (κ3) is 6.36. The first-order valence-corrected chi connectivity index (χ1v) is 7.46. The maximum absolute atomic E-state index is 11.6. The first kappa shape index (κ1) is 15.7. The van der Waals surface area contributed by atoms with Gasteiger partial charge in [0.25, 0.3) is 10.2 Å². The summed E-state index contributed by atoms with van der Waals surface area (Å²) >= 11 is 0. The van der Waals surface area contributed by atoms with Gasteiger partial charge in [-0.1, -0.05) is 24.0 Å². The molecule has 1 aromatic carbocycles. The lowest BCUT2D eigenvalue weighted by Gasteiger charge is -2.10. The molecule has 0 spiro atoms. The van der Waals surface area contributed by atoms with Crippen LogP contribution in [0.3, 0.4) is 0 Å². The Morgan fingerprint density at radius 2 is 1.89 bits per heavy atom. The molecule has 0 atom stereocenters. The first-order valence-electron chi connectivity index (χ1n) is 5.98. The molecule has 0 heterocycles. The van der Waals surface area contributed by atoms with Crippen LogP contribution in [0.5, 0.6) is 0 Å². The maximum Gasteiger partial charge on any atom is 0.277 e. The van der Waals surface area contributed by atoms with E-state index in [-0.39, 0.29) is 12.6 Å². The van der Waals surface area contributed by atoms with Crippen molar-refractivity contribution in [3.8, 4) is 11.8 Å². The molecule has 1 aromatic rings. The third-order valence-electron chi connectivity index (χ3n) is 2.15. The van der Waals surface area contributed by atoms with Crippen molar-refractivity contribution in [1.82, 2.24) is 9.44 Å². The minimum Gasteiger partial charge on any atom is -0.320 e. The highest BCUT2D eigenvalue weighted by Crippen LogP contribution is 2.03. The van der Waals surface area contributed by atoms with Gasteiger partial charge in [0.2, 0.25) is 0 Å². The van der Waals surface area contributed by atoms with Crippen LogP contribution in [0.1, 0.15) is 25.0 Å². The highest BCUT2D eigenvalue weighted by Gasteiger charge is 2.10.